The van der Waals surface area contributed by atoms with Crippen LogP contribution in [-0.4, -0.2) is 34.0 Å². The second-order valence-electron chi connectivity index (χ2n) is 6.47. The van der Waals surface area contributed by atoms with Crippen molar-refractivity contribution < 1.29 is 19.7 Å². The van der Waals surface area contributed by atoms with Crippen molar-refractivity contribution in [2.24, 2.45) is 17.3 Å². The van der Waals surface area contributed by atoms with Crippen molar-refractivity contribution >= 4 is 5.78 Å². The van der Waals surface area contributed by atoms with Gasteiger partial charge in [-0.1, -0.05) is 26.8 Å². The van der Waals surface area contributed by atoms with E-state index in [2.05, 4.69) is 0 Å². The van der Waals surface area contributed by atoms with Crippen LogP contribution >= 0.6 is 0 Å². The lowest BCUT2D eigenvalue weighted by Gasteiger charge is -2.51. The molecule has 5 atom stereocenters. The molecule has 2 aliphatic carbocycles. The number of ketones is 1. The molecule has 0 radical (unpaired) electrons. The molecule has 0 spiro atoms. The monoisotopic (exact) mass is 264 g/mol. The number of carbonyl (C=O) groups excluding carboxylic acids is 1. The SMILES string of the molecule is C[C@@H]1C(=O)C=CC2=C[C@]3(O)[C@@H](C)CO[C@]3(O)C[C@@]21C. The molecule has 2 N–H and O–H groups in total. The van der Waals surface area contributed by atoms with Gasteiger partial charge in [0.15, 0.2) is 11.6 Å². The first kappa shape index (κ1) is 13.0. The average Bonchev–Trinajstić information content (AvgIpc) is 2.56. The summed E-state index contributed by atoms with van der Waals surface area (Å²) in [6.45, 7) is 6.00. The number of fused-ring (bicyclic) bond motifs is 2. The van der Waals surface area contributed by atoms with E-state index in [9.17, 15) is 15.0 Å². The Morgan fingerprint density at radius 1 is 1.32 bits per heavy atom. The normalized spacial score (nSPS) is 52.7. The highest BCUT2D eigenvalue weighted by atomic mass is 16.6. The van der Waals surface area contributed by atoms with E-state index in [0.29, 0.717) is 6.61 Å². The summed E-state index contributed by atoms with van der Waals surface area (Å²) in [6.07, 6.45) is 5.27. The number of carbonyl (C=O) groups is 1. The molecule has 19 heavy (non-hydrogen) atoms. The number of aliphatic hydroxyl groups is 2. The van der Waals surface area contributed by atoms with Crippen LogP contribution in [0.3, 0.4) is 0 Å². The average molecular weight is 264 g/mol. The molecule has 0 aromatic heterocycles. The number of ether oxygens (including phenoxy) is 1. The van der Waals surface area contributed by atoms with Crippen molar-refractivity contribution in [3.63, 3.8) is 0 Å². The topological polar surface area (TPSA) is 66.8 Å². The highest BCUT2D eigenvalue weighted by Crippen LogP contribution is 2.56. The summed E-state index contributed by atoms with van der Waals surface area (Å²) in [7, 11) is 0. The maximum atomic E-state index is 11.9. The molecule has 4 heteroatoms. The second-order valence-corrected chi connectivity index (χ2v) is 6.47. The molecule has 1 fully saturated rings. The van der Waals surface area contributed by atoms with Crippen molar-refractivity contribution in [1.82, 2.24) is 0 Å². The molecular formula is C15H20O4. The molecule has 0 aromatic carbocycles. The van der Waals surface area contributed by atoms with Gasteiger partial charge in [0.05, 0.1) is 6.61 Å². The van der Waals surface area contributed by atoms with Crippen LogP contribution in [0.25, 0.3) is 0 Å². The zero-order valence-corrected chi connectivity index (χ0v) is 11.5. The smallest absolute Gasteiger partial charge is 0.199 e. The van der Waals surface area contributed by atoms with E-state index < -0.39 is 16.8 Å². The van der Waals surface area contributed by atoms with Crippen molar-refractivity contribution in [3.8, 4) is 0 Å². The molecule has 3 aliphatic rings. The molecule has 1 aliphatic heterocycles. The Balaban J connectivity index is 2.18. The van der Waals surface area contributed by atoms with E-state index in [1.165, 1.54) is 0 Å². The van der Waals surface area contributed by atoms with Crippen LogP contribution in [0.2, 0.25) is 0 Å². The molecule has 104 valence electrons. The Morgan fingerprint density at radius 2 is 2.00 bits per heavy atom. The largest absolute Gasteiger partial charge is 0.380 e. The summed E-state index contributed by atoms with van der Waals surface area (Å²) >= 11 is 0. The standard InChI is InChI=1S/C15H20O4/c1-9-7-19-15(18)8-13(3)10(2)12(16)5-4-11(13)6-14(9,15)17/h4-6,9-10,17-18H,7-8H2,1-3H3/t9-,10+,13+,14-,15+/m0/s1. The minimum absolute atomic E-state index is 0.0553. The van der Waals surface area contributed by atoms with Gasteiger partial charge in [-0.25, -0.2) is 0 Å². The Labute approximate surface area is 112 Å². The Kier molecular flexibility index (Phi) is 2.45. The lowest BCUT2D eigenvalue weighted by Crippen LogP contribution is -2.59. The second kappa shape index (κ2) is 3.57. The van der Waals surface area contributed by atoms with Crippen LogP contribution in [0.4, 0.5) is 0 Å². The first-order chi connectivity index (χ1) is 8.73. The van der Waals surface area contributed by atoms with Crippen LogP contribution in [0.5, 0.6) is 0 Å². The first-order valence-corrected chi connectivity index (χ1v) is 6.77. The number of rotatable bonds is 0. The van der Waals surface area contributed by atoms with Crippen LogP contribution in [0, 0.1) is 17.3 Å². The van der Waals surface area contributed by atoms with Gasteiger partial charge < -0.3 is 14.9 Å². The van der Waals surface area contributed by atoms with Gasteiger partial charge in [-0.3, -0.25) is 4.79 Å². The minimum atomic E-state index is -1.59. The third kappa shape index (κ3) is 1.42. The maximum absolute atomic E-state index is 11.9. The molecule has 3 rings (SSSR count). The zero-order chi connectivity index (χ0) is 14.1. The Hall–Kier alpha value is -0.970. The Morgan fingerprint density at radius 3 is 2.68 bits per heavy atom. The van der Waals surface area contributed by atoms with E-state index in [1.54, 1.807) is 18.2 Å². The third-order valence-electron chi connectivity index (χ3n) is 5.40. The van der Waals surface area contributed by atoms with Gasteiger partial charge in [0, 0.05) is 23.7 Å². The molecule has 1 saturated heterocycles. The summed E-state index contributed by atoms with van der Waals surface area (Å²) in [5.41, 5.74) is -0.937. The van der Waals surface area contributed by atoms with Gasteiger partial charge in [0.25, 0.3) is 0 Å². The molecule has 0 saturated carbocycles. The predicted octanol–water partition coefficient (Wildman–Crippen LogP) is 1.18. The molecule has 0 amide bonds. The van der Waals surface area contributed by atoms with Crippen molar-refractivity contribution in [2.75, 3.05) is 6.61 Å². The fourth-order valence-electron chi connectivity index (χ4n) is 3.61. The lowest BCUT2D eigenvalue weighted by atomic mass is 9.57. The predicted molar refractivity (Wildman–Crippen MR) is 69.1 cm³/mol. The van der Waals surface area contributed by atoms with E-state index in [0.717, 1.165) is 5.57 Å². The third-order valence-corrected chi connectivity index (χ3v) is 5.40. The van der Waals surface area contributed by atoms with E-state index in [-0.39, 0.29) is 24.0 Å². The summed E-state index contributed by atoms with van der Waals surface area (Å²) in [5.74, 6) is -1.93. The lowest BCUT2D eigenvalue weighted by molar-refractivity contribution is -0.262. The Bertz CT molecular complexity index is 508. The minimum Gasteiger partial charge on any atom is -0.380 e. The highest BCUT2D eigenvalue weighted by Gasteiger charge is 2.64. The van der Waals surface area contributed by atoms with Crippen molar-refractivity contribution in [3.05, 3.63) is 23.8 Å². The van der Waals surface area contributed by atoms with Crippen molar-refractivity contribution in [1.29, 1.82) is 0 Å². The highest BCUT2D eigenvalue weighted by molar-refractivity contribution is 5.94. The summed E-state index contributed by atoms with van der Waals surface area (Å²) in [6, 6.07) is 0. The van der Waals surface area contributed by atoms with Crippen LogP contribution in [0.1, 0.15) is 27.2 Å². The molecular weight excluding hydrogens is 244 g/mol. The molecule has 4 nitrogen and oxygen atoms in total. The van der Waals surface area contributed by atoms with Gasteiger partial charge in [0.2, 0.25) is 0 Å². The van der Waals surface area contributed by atoms with Gasteiger partial charge in [-0.2, -0.15) is 0 Å². The van der Waals surface area contributed by atoms with Gasteiger partial charge >= 0.3 is 0 Å². The summed E-state index contributed by atoms with van der Waals surface area (Å²) < 4.78 is 5.48. The maximum Gasteiger partial charge on any atom is 0.199 e. The van der Waals surface area contributed by atoms with Gasteiger partial charge in [-0.15, -0.1) is 0 Å². The molecule has 0 aromatic rings. The first-order valence-electron chi connectivity index (χ1n) is 6.77. The van der Waals surface area contributed by atoms with E-state index in [4.69, 9.17) is 4.74 Å². The number of hydrogen-bond acceptors (Lipinski definition) is 4. The van der Waals surface area contributed by atoms with Crippen LogP contribution in [0.15, 0.2) is 23.8 Å². The number of hydrogen-bond donors (Lipinski definition) is 2. The van der Waals surface area contributed by atoms with Gasteiger partial charge in [0.1, 0.15) is 5.60 Å². The van der Waals surface area contributed by atoms with Gasteiger partial charge in [-0.05, 0) is 17.7 Å². The fraction of sp³-hybridized carbons (Fsp3) is 0.667. The quantitative estimate of drug-likeness (QED) is 0.689. The summed E-state index contributed by atoms with van der Waals surface area (Å²) in [4.78, 5) is 11.9. The summed E-state index contributed by atoms with van der Waals surface area (Å²) in [5, 5.41) is 21.5. The zero-order valence-electron chi connectivity index (χ0n) is 11.5. The number of allylic oxidation sites excluding steroid dienone is 3. The van der Waals surface area contributed by atoms with Crippen LogP contribution in [-0.2, 0) is 9.53 Å². The fourth-order valence-corrected chi connectivity index (χ4v) is 3.61. The van der Waals surface area contributed by atoms with E-state index >= 15 is 0 Å². The molecule has 0 unspecified atom stereocenters. The van der Waals surface area contributed by atoms with E-state index in [1.807, 2.05) is 20.8 Å². The molecule has 1 heterocycles. The van der Waals surface area contributed by atoms with Crippen molar-refractivity contribution in [2.45, 2.75) is 38.6 Å². The molecule has 0 bridgehead atoms. The van der Waals surface area contributed by atoms with Crippen LogP contribution < -0.4 is 0 Å².